The number of rotatable bonds is 5. The molecule has 3 fully saturated rings. The van der Waals surface area contributed by atoms with Gasteiger partial charge >= 0.3 is 6.09 Å². The van der Waals surface area contributed by atoms with Crippen LogP contribution in [0.15, 0.2) is 34.3 Å². The van der Waals surface area contributed by atoms with Gasteiger partial charge in [-0.1, -0.05) is 42.3 Å². The lowest BCUT2D eigenvalue weighted by Crippen LogP contribution is -2.47. The standard InChI is InChI=1S/C30H38Cl2N4O4/c1-18-13-22(14-19(2)33-18)40-29(39)34(4)26-17-36(16-23(26)21-5-6-24(31)25(32)15-21)27(37)20-7-11-35(12-8-20)28(38)30(3)9-10-30/h6,13-15,20-21,23,26H,5,7-12,16-17H2,1-4H3/t21?,23-,26+/m0/s1. The third-order valence-corrected chi connectivity index (χ3v) is 9.83. The molecule has 2 saturated heterocycles. The lowest BCUT2D eigenvalue weighted by atomic mass is 9.83. The van der Waals surface area contributed by atoms with Gasteiger partial charge in [0, 0.05) is 74.0 Å². The number of amides is 3. The summed E-state index contributed by atoms with van der Waals surface area (Å²) in [5.74, 6) is 0.633. The van der Waals surface area contributed by atoms with Crippen LogP contribution in [0.3, 0.4) is 0 Å². The number of pyridine rings is 1. The molecule has 1 saturated carbocycles. The van der Waals surface area contributed by atoms with E-state index in [1.165, 1.54) is 0 Å². The van der Waals surface area contributed by atoms with Crippen LogP contribution in [0.1, 0.15) is 50.4 Å². The number of allylic oxidation sites excluding steroid dienone is 4. The maximum atomic E-state index is 13.7. The van der Waals surface area contributed by atoms with Crippen LogP contribution in [-0.4, -0.2) is 76.9 Å². The van der Waals surface area contributed by atoms with E-state index >= 15 is 0 Å². The Morgan fingerprint density at radius 1 is 1.02 bits per heavy atom. The monoisotopic (exact) mass is 588 g/mol. The fourth-order valence-corrected chi connectivity index (χ4v) is 6.72. The van der Waals surface area contributed by atoms with E-state index in [2.05, 4.69) is 4.98 Å². The van der Waals surface area contributed by atoms with Gasteiger partial charge in [0.2, 0.25) is 11.8 Å². The van der Waals surface area contributed by atoms with Crippen molar-refractivity contribution in [1.29, 1.82) is 0 Å². The van der Waals surface area contributed by atoms with E-state index in [0.29, 0.717) is 61.3 Å². The summed E-state index contributed by atoms with van der Waals surface area (Å²) < 4.78 is 5.73. The third kappa shape index (κ3) is 6.03. The second kappa shape index (κ2) is 11.4. The summed E-state index contributed by atoms with van der Waals surface area (Å²) in [5.41, 5.74) is 1.35. The molecule has 0 bridgehead atoms. The highest BCUT2D eigenvalue weighted by atomic mass is 35.5. The van der Waals surface area contributed by atoms with Crippen LogP contribution in [0.5, 0.6) is 5.75 Å². The Bertz CT molecular complexity index is 1230. The molecular formula is C30H38Cl2N4O4. The smallest absolute Gasteiger partial charge is 0.410 e. The summed E-state index contributed by atoms with van der Waals surface area (Å²) >= 11 is 12.6. The minimum Gasteiger partial charge on any atom is -0.410 e. The first-order valence-electron chi connectivity index (χ1n) is 14.2. The van der Waals surface area contributed by atoms with Gasteiger partial charge in [0.15, 0.2) is 0 Å². The highest BCUT2D eigenvalue weighted by molar-refractivity contribution is 6.44. The lowest BCUT2D eigenvalue weighted by Gasteiger charge is -2.34. The molecule has 10 heteroatoms. The summed E-state index contributed by atoms with van der Waals surface area (Å²) in [5, 5.41) is 1.02. The molecule has 1 unspecified atom stereocenters. The molecule has 8 nitrogen and oxygen atoms in total. The fraction of sp³-hybridized carbons (Fsp3) is 0.600. The molecule has 4 aliphatic rings. The Morgan fingerprint density at radius 2 is 1.68 bits per heavy atom. The van der Waals surface area contributed by atoms with Crippen molar-refractivity contribution >= 4 is 41.1 Å². The van der Waals surface area contributed by atoms with Crippen LogP contribution in [0.25, 0.3) is 0 Å². The first-order chi connectivity index (χ1) is 18.9. The molecule has 3 atom stereocenters. The van der Waals surface area contributed by atoms with Crippen LogP contribution < -0.4 is 4.74 Å². The number of aryl methyl sites for hydroxylation is 2. The van der Waals surface area contributed by atoms with Gasteiger partial charge < -0.3 is 19.4 Å². The summed E-state index contributed by atoms with van der Waals surface area (Å²) in [6.45, 7) is 7.91. The number of nitrogens with zero attached hydrogens (tertiary/aromatic N) is 4. The van der Waals surface area contributed by atoms with Crippen molar-refractivity contribution in [2.45, 2.75) is 58.9 Å². The molecule has 3 heterocycles. The van der Waals surface area contributed by atoms with Crippen molar-refractivity contribution < 1.29 is 19.1 Å². The van der Waals surface area contributed by atoms with E-state index in [9.17, 15) is 14.4 Å². The largest absolute Gasteiger partial charge is 0.415 e. The number of carbonyl (C=O) groups excluding carboxylic acids is 3. The molecule has 2 aliphatic heterocycles. The summed E-state index contributed by atoms with van der Waals surface area (Å²) in [6.07, 6.45) is 7.31. The maximum Gasteiger partial charge on any atom is 0.415 e. The molecule has 40 heavy (non-hydrogen) atoms. The molecule has 0 N–H and O–H groups in total. The zero-order valence-corrected chi connectivity index (χ0v) is 25.2. The molecule has 1 aromatic rings. The Kier molecular flexibility index (Phi) is 8.22. The summed E-state index contributed by atoms with van der Waals surface area (Å²) in [7, 11) is 1.73. The minimum atomic E-state index is -0.478. The molecule has 5 rings (SSSR count). The number of carbonyl (C=O) groups is 3. The number of hydrogen-bond acceptors (Lipinski definition) is 5. The van der Waals surface area contributed by atoms with Crippen molar-refractivity contribution in [1.82, 2.24) is 19.7 Å². The van der Waals surface area contributed by atoms with E-state index in [-0.39, 0.29) is 41.0 Å². The van der Waals surface area contributed by atoms with Crippen molar-refractivity contribution in [2.24, 2.45) is 23.2 Å². The van der Waals surface area contributed by atoms with Crippen LogP contribution in [0, 0.1) is 37.0 Å². The predicted molar refractivity (Wildman–Crippen MR) is 154 cm³/mol. The van der Waals surface area contributed by atoms with Gasteiger partial charge in [-0.05, 0) is 51.9 Å². The SMILES string of the molecule is Cc1cc(OC(=O)N(C)[C@@H]2CN(C(=O)C3CCN(C(=O)C4(C)CC4)CC3)C[C@H]2C2C=C(Cl)C(Cl)=CC2)cc(C)n1. The van der Waals surface area contributed by atoms with Gasteiger partial charge in [-0.2, -0.15) is 0 Å². The van der Waals surface area contributed by atoms with Crippen molar-refractivity contribution in [3.63, 3.8) is 0 Å². The topological polar surface area (TPSA) is 83.0 Å². The molecule has 3 amide bonds. The van der Waals surface area contributed by atoms with Crippen LogP contribution in [0.2, 0.25) is 0 Å². The van der Waals surface area contributed by atoms with E-state index in [0.717, 1.165) is 24.2 Å². The van der Waals surface area contributed by atoms with Crippen LogP contribution >= 0.6 is 23.2 Å². The van der Waals surface area contributed by atoms with Gasteiger partial charge in [-0.25, -0.2) is 4.79 Å². The minimum absolute atomic E-state index is 0.0252. The Labute approximate surface area is 246 Å². The Balaban J connectivity index is 1.29. The van der Waals surface area contributed by atoms with Gasteiger partial charge in [0.1, 0.15) is 5.75 Å². The summed E-state index contributed by atoms with van der Waals surface area (Å²) in [6, 6.07) is 3.21. The molecule has 0 spiro atoms. The first kappa shape index (κ1) is 28.9. The number of ether oxygens (including phenoxy) is 1. The van der Waals surface area contributed by atoms with E-state index in [1.54, 1.807) is 24.1 Å². The van der Waals surface area contributed by atoms with Gasteiger partial charge in [0.05, 0.1) is 16.1 Å². The molecule has 0 aromatic carbocycles. The second-order valence-corrected chi connectivity index (χ2v) is 12.9. The molecule has 216 valence electrons. The molecule has 0 radical (unpaired) electrons. The lowest BCUT2D eigenvalue weighted by molar-refractivity contribution is -0.142. The molecule has 2 aliphatic carbocycles. The molecular weight excluding hydrogens is 551 g/mol. The number of aromatic nitrogens is 1. The maximum absolute atomic E-state index is 13.7. The van der Waals surface area contributed by atoms with Gasteiger partial charge in [-0.15, -0.1) is 0 Å². The molecule has 1 aromatic heterocycles. The normalized spacial score (nSPS) is 26.2. The van der Waals surface area contributed by atoms with E-state index in [4.69, 9.17) is 27.9 Å². The van der Waals surface area contributed by atoms with Crippen molar-refractivity contribution in [2.75, 3.05) is 33.2 Å². The Morgan fingerprint density at radius 3 is 2.27 bits per heavy atom. The average Bonchev–Trinajstić information content (AvgIpc) is 3.52. The number of likely N-dealkylation sites (tertiary alicyclic amines) is 2. The first-order valence-corrected chi connectivity index (χ1v) is 14.9. The number of halogens is 2. The van der Waals surface area contributed by atoms with E-state index < -0.39 is 6.09 Å². The van der Waals surface area contributed by atoms with Crippen LogP contribution in [-0.2, 0) is 9.59 Å². The quantitative estimate of drug-likeness (QED) is 0.468. The van der Waals surface area contributed by atoms with Crippen molar-refractivity contribution in [3.8, 4) is 5.75 Å². The van der Waals surface area contributed by atoms with Gasteiger partial charge in [-0.3, -0.25) is 14.6 Å². The average molecular weight is 590 g/mol. The van der Waals surface area contributed by atoms with E-state index in [1.807, 2.05) is 42.7 Å². The highest BCUT2D eigenvalue weighted by Gasteiger charge is 2.49. The highest BCUT2D eigenvalue weighted by Crippen LogP contribution is 2.47. The number of likely N-dealkylation sites (N-methyl/N-ethyl adjacent to an activating group) is 1. The van der Waals surface area contributed by atoms with Gasteiger partial charge in [0.25, 0.3) is 0 Å². The number of hydrogen-bond donors (Lipinski definition) is 0. The zero-order chi connectivity index (χ0) is 28.8. The van der Waals surface area contributed by atoms with Crippen molar-refractivity contribution in [3.05, 3.63) is 45.7 Å². The second-order valence-electron chi connectivity index (χ2n) is 12.1. The predicted octanol–water partition coefficient (Wildman–Crippen LogP) is 5.26. The fourth-order valence-electron chi connectivity index (χ4n) is 6.33. The zero-order valence-electron chi connectivity index (χ0n) is 23.7. The number of piperidine rings is 1. The summed E-state index contributed by atoms with van der Waals surface area (Å²) in [4.78, 5) is 49.6. The third-order valence-electron chi connectivity index (χ3n) is 9.05. The Hall–Kier alpha value is -2.58. The van der Waals surface area contributed by atoms with Crippen LogP contribution in [0.4, 0.5) is 4.79 Å².